The highest BCUT2D eigenvalue weighted by Gasteiger charge is 2.18. The van der Waals surface area contributed by atoms with Crippen molar-refractivity contribution >= 4 is 11.6 Å². The lowest BCUT2D eigenvalue weighted by Gasteiger charge is -2.21. The highest BCUT2D eigenvalue weighted by atomic mass is 19.1. The first-order valence-corrected chi connectivity index (χ1v) is 9.16. The van der Waals surface area contributed by atoms with E-state index in [-0.39, 0.29) is 17.8 Å². The Kier molecular flexibility index (Phi) is 7.61. The number of nitrogens with one attached hydrogen (secondary N) is 2. The number of ether oxygens (including phenoxy) is 2. The molecule has 2 rings (SSSR count). The summed E-state index contributed by atoms with van der Waals surface area (Å²) in [5, 5.41) is 6.04. The Balaban J connectivity index is 2.02. The smallest absolute Gasteiger partial charge is 0.241 e. The quantitative estimate of drug-likeness (QED) is 0.687. The Hall–Kier alpha value is -2.60. The van der Waals surface area contributed by atoms with Gasteiger partial charge in [-0.3, -0.25) is 10.1 Å². The Morgan fingerprint density at radius 1 is 1.00 bits per heavy atom. The number of hydrogen-bond donors (Lipinski definition) is 2. The molecule has 0 unspecified atom stereocenters. The van der Waals surface area contributed by atoms with E-state index >= 15 is 0 Å². The summed E-state index contributed by atoms with van der Waals surface area (Å²) < 4.78 is 24.2. The fourth-order valence-electron chi connectivity index (χ4n) is 2.67. The van der Waals surface area contributed by atoms with E-state index in [9.17, 15) is 9.18 Å². The van der Waals surface area contributed by atoms with Gasteiger partial charge in [0.2, 0.25) is 5.91 Å². The summed E-state index contributed by atoms with van der Waals surface area (Å²) in [4.78, 5) is 12.4. The van der Waals surface area contributed by atoms with Gasteiger partial charge in [-0.1, -0.05) is 6.07 Å². The first-order valence-electron chi connectivity index (χ1n) is 9.16. The Morgan fingerprint density at radius 2 is 1.63 bits per heavy atom. The van der Waals surface area contributed by atoms with Crippen molar-refractivity contribution in [3.8, 4) is 11.5 Å². The zero-order valence-electron chi connectivity index (χ0n) is 16.2. The maximum atomic E-state index is 13.0. The van der Waals surface area contributed by atoms with Crippen LogP contribution in [0.3, 0.4) is 0 Å². The summed E-state index contributed by atoms with van der Waals surface area (Å²) in [6, 6.07) is 10.9. The molecular weight excluding hydrogens is 347 g/mol. The lowest BCUT2D eigenvalue weighted by Crippen LogP contribution is -2.39. The summed E-state index contributed by atoms with van der Waals surface area (Å²) >= 11 is 0. The Labute approximate surface area is 159 Å². The zero-order valence-corrected chi connectivity index (χ0v) is 16.2. The second-order valence-corrected chi connectivity index (χ2v) is 6.18. The van der Waals surface area contributed by atoms with E-state index in [0.717, 1.165) is 5.56 Å². The van der Waals surface area contributed by atoms with Crippen LogP contribution in [0, 0.1) is 5.82 Å². The predicted octanol–water partition coefficient (Wildman–Crippen LogP) is 4.30. The van der Waals surface area contributed by atoms with Crippen molar-refractivity contribution in [2.24, 2.45) is 0 Å². The third-order valence-corrected chi connectivity index (χ3v) is 4.07. The van der Waals surface area contributed by atoms with Gasteiger partial charge in [0.1, 0.15) is 5.82 Å². The maximum Gasteiger partial charge on any atom is 0.241 e. The van der Waals surface area contributed by atoms with Gasteiger partial charge in [-0.25, -0.2) is 4.39 Å². The van der Waals surface area contributed by atoms with Gasteiger partial charge in [0.25, 0.3) is 0 Å². The lowest BCUT2D eigenvalue weighted by atomic mass is 10.1. The molecule has 0 saturated carbocycles. The molecule has 146 valence electrons. The fraction of sp³-hybridized carbons (Fsp3) is 0.381. The molecule has 0 aliphatic heterocycles. The minimum atomic E-state index is -0.438. The normalized spacial score (nSPS) is 12.9. The molecule has 0 radical (unpaired) electrons. The molecule has 5 nitrogen and oxygen atoms in total. The number of carbonyl (C=O) groups is 1. The molecule has 0 aromatic heterocycles. The molecule has 0 aliphatic rings. The number of amides is 1. The van der Waals surface area contributed by atoms with E-state index in [4.69, 9.17) is 9.47 Å². The van der Waals surface area contributed by atoms with Crippen LogP contribution in [-0.4, -0.2) is 25.2 Å². The number of halogens is 1. The largest absolute Gasteiger partial charge is 0.490 e. The van der Waals surface area contributed by atoms with Gasteiger partial charge in [0.15, 0.2) is 11.5 Å². The van der Waals surface area contributed by atoms with Crippen LogP contribution in [0.25, 0.3) is 0 Å². The molecule has 0 aliphatic carbocycles. The molecule has 27 heavy (non-hydrogen) atoms. The van der Waals surface area contributed by atoms with Gasteiger partial charge in [0.05, 0.1) is 19.3 Å². The second kappa shape index (κ2) is 9.92. The number of carbonyl (C=O) groups excluding carboxylic acids is 1. The van der Waals surface area contributed by atoms with E-state index in [1.807, 2.05) is 39.0 Å². The van der Waals surface area contributed by atoms with E-state index in [1.54, 1.807) is 6.92 Å². The average Bonchev–Trinajstić information content (AvgIpc) is 2.65. The molecule has 1 amide bonds. The van der Waals surface area contributed by atoms with Gasteiger partial charge in [-0.05, 0) is 69.7 Å². The molecule has 2 atom stereocenters. The SMILES string of the molecule is CCOc1ccc([C@H](C)N[C@H](C)C(=O)Nc2ccc(F)cc2)cc1OCC. The van der Waals surface area contributed by atoms with Crippen LogP contribution in [-0.2, 0) is 4.79 Å². The molecule has 2 aromatic carbocycles. The van der Waals surface area contributed by atoms with E-state index in [2.05, 4.69) is 10.6 Å². The van der Waals surface area contributed by atoms with Crippen LogP contribution >= 0.6 is 0 Å². The third kappa shape index (κ3) is 5.96. The first-order chi connectivity index (χ1) is 12.9. The van der Waals surface area contributed by atoms with E-state index in [0.29, 0.717) is 30.4 Å². The molecule has 2 aromatic rings. The standard InChI is InChI=1S/C21H27FN2O3/c1-5-26-19-12-7-16(13-20(19)27-6-2)14(3)23-15(4)21(25)24-18-10-8-17(22)9-11-18/h7-15,23H,5-6H2,1-4H3,(H,24,25)/t14-,15+/m0/s1. The molecule has 2 N–H and O–H groups in total. The van der Waals surface area contributed by atoms with E-state index < -0.39 is 6.04 Å². The summed E-state index contributed by atoms with van der Waals surface area (Å²) in [7, 11) is 0. The van der Waals surface area contributed by atoms with Gasteiger partial charge < -0.3 is 14.8 Å². The topological polar surface area (TPSA) is 59.6 Å². The van der Waals surface area contributed by atoms with Crippen LogP contribution < -0.4 is 20.1 Å². The first kappa shape index (κ1) is 20.7. The van der Waals surface area contributed by atoms with Gasteiger partial charge >= 0.3 is 0 Å². The predicted molar refractivity (Wildman–Crippen MR) is 105 cm³/mol. The summed E-state index contributed by atoms with van der Waals surface area (Å²) in [6.07, 6.45) is 0. The summed E-state index contributed by atoms with van der Waals surface area (Å²) in [5.41, 5.74) is 1.55. The second-order valence-electron chi connectivity index (χ2n) is 6.18. The van der Waals surface area contributed by atoms with Gasteiger partial charge in [-0.15, -0.1) is 0 Å². The molecule has 0 spiro atoms. The van der Waals surface area contributed by atoms with Crippen molar-refractivity contribution < 1.29 is 18.7 Å². The number of anilines is 1. The number of benzene rings is 2. The Bertz CT molecular complexity index is 750. The molecule has 0 bridgehead atoms. The van der Waals surface area contributed by atoms with Crippen LogP contribution in [0.1, 0.15) is 39.3 Å². The van der Waals surface area contributed by atoms with Crippen LogP contribution in [0.2, 0.25) is 0 Å². The van der Waals surface area contributed by atoms with Crippen LogP contribution in [0.4, 0.5) is 10.1 Å². The molecule has 6 heteroatoms. The Morgan fingerprint density at radius 3 is 2.26 bits per heavy atom. The zero-order chi connectivity index (χ0) is 19.8. The fourth-order valence-corrected chi connectivity index (χ4v) is 2.67. The number of hydrogen-bond acceptors (Lipinski definition) is 4. The van der Waals surface area contributed by atoms with Gasteiger partial charge in [0, 0.05) is 11.7 Å². The van der Waals surface area contributed by atoms with Crippen LogP contribution in [0.5, 0.6) is 11.5 Å². The summed E-state index contributed by atoms with van der Waals surface area (Å²) in [5.74, 6) is 0.865. The minimum absolute atomic E-state index is 0.0751. The average molecular weight is 374 g/mol. The minimum Gasteiger partial charge on any atom is -0.490 e. The molecule has 0 saturated heterocycles. The van der Waals surface area contributed by atoms with E-state index in [1.165, 1.54) is 24.3 Å². The van der Waals surface area contributed by atoms with Crippen molar-refractivity contribution in [3.05, 3.63) is 53.8 Å². The maximum absolute atomic E-state index is 13.0. The monoisotopic (exact) mass is 374 g/mol. The van der Waals surface area contributed by atoms with Crippen molar-refractivity contribution in [2.45, 2.75) is 39.8 Å². The van der Waals surface area contributed by atoms with Crippen molar-refractivity contribution in [2.75, 3.05) is 18.5 Å². The molecular formula is C21H27FN2O3. The van der Waals surface area contributed by atoms with Crippen molar-refractivity contribution in [3.63, 3.8) is 0 Å². The lowest BCUT2D eigenvalue weighted by molar-refractivity contribution is -0.117. The molecule has 0 heterocycles. The highest BCUT2D eigenvalue weighted by Crippen LogP contribution is 2.30. The third-order valence-electron chi connectivity index (χ3n) is 4.07. The van der Waals surface area contributed by atoms with Crippen molar-refractivity contribution in [1.29, 1.82) is 0 Å². The number of rotatable bonds is 9. The highest BCUT2D eigenvalue weighted by molar-refractivity contribution is 5.94. The summed E-state index contributed by atoms with van der Waals surface area (Å²) in [6.45, 7) is 8.72. The van der Waals surface area contributed by atoms with Crippen LogP contribution in [0.15, 0.2) is 42.5 Å². The molecule has 0 fully saturated rings. The van der Waals surface area contributed by atoms with Gasteiger partial charge in [-0.2, -0.15) is 0 Å². The van der Waals surface area contributed by atoms with Crippen molar-refractivity contribution in [1.82, 2.24) is 5.32 Å².